The topological polar surface area (TPSA) is 109 Å². The van der Waals surface area contributed by atoms with Crippen LogP contribution in [0.3, 0.4) is 0 Å². The normalized spacial score (nSPS) is 24.5. The molecule has 0 aliphatic heterocycles. The van der Waals surface area contributed by atoms with E-state index in [1.807, 2.05) is 38.1 Å². The summed E-state index contributed by atoms with van der Waals surface area (Å²) in [5.74, 6) is 0.499. The third-order valence-electron chi connectivity index (χ3n) is 5.87. The molecule has 0 heterocycles. The molecule has 6 nitrogen and oxygen atoms in total. The molecule has 2 aliphatic rings. The van der Waals surface area contributed by atoms with Crippen LogP contribution in [0.2, 0.25) is 0 Å². The van der Waals surface area contributed by atoms with Gasteiger partial charge >= 0.3 is 0 Å². The van der Waals surface area contributed by atoms with Gasteiger partial charge in [-0.05, 0) is 62.6 Å². The molecule has 2 aliphatic carbocycles. The quantitative estimate of drug-likeness (QED) is 0.300. The maximum absolute atomic E-state index is 9.93. The number of nitrogens with two attached hydrogens (primary N) is 2. The van der Waals surface area contributed by atoms with Gasteiger partial charge in [0.25, 0.3) is 0 Å². The van der Waals surface area contributed by atoms with Gasteiger partial charge in [-0.25, -0.2) is 4.99 Å². The number of benzene rings is 1. The van der Waals surface area contributed by atoms with Gasteiger partial charge in [-0.1, -0.05) is 25.0 Å². The smallest absolute Gasteiger partial charge is 0.135 e. The zero-order chi connectivity index (χ0) is 19.4. The molecular formula is C21H33N5O. The Morgan fingerprint density at radius 2 is 2.11 bits per heavy atom. The first-order chi connectivity index (χ1) is 12.9. The van der Waals surface area contributed by atoms with E-state index in [0.29, 0.717) is 22.9 Å². The van der Waals surface area contributed by atoms with Crippen molar-refractivity contribution in [2.45, 2.75) is 70.8 Å². The van der Waals surface area contributed by atoms with Gasteiger partial charge in [0.05, 0.1) is 11.7 Å². The fourth-order valence-electron chi connectivity index (χ4n) is 4.20. The van der Waals surface area contributed by atoms with Gasteiger partial charge in [-0.2, -0.15) is 0 Å². The minimum Gasteiger partial charge on any atom is -0.404 e. The van der Waals surface area contributed by atoms with Gasteiger partial charge in [-0.15, -0.1) is 0 Å². The maximum Gasteiger partial charge on any atom is 0.135 e. The zero-order valence-electron chi connectivity index (χ0n) is 16.4. The van der Waals surface area contributed by atoms with E-state index in [4.69, 9.17) is 16.5 Å². The Morgan fingerprint density at radius 1 is 1.33 bits per heavy atom. The van der Waals surface area contributed by atoms with Gasteiger partial charge in [0.1, 0.15) is 12.1 Å². The van der Waals surface area contributed by atoms with E-state index in [1.54, 1.807) is 0 Å². The van der Waals surface area contributed by atoms with Crippen LogP contribution in [0.1, 0.15) is 51.0 Å². The molecule has 0 saturated heterocycles. The number of hydrogen-bond donors (Lipinski definition) is 5. The Bertz CT molecular complexity index is 708. The van der Waals surface area contributed by atoms with Crippen LogP contribution >= 0.6 is 0 Å². The lowest BCUT2D eigenvalue weighted by molar-refractivity contribution is 0.223. The molecule has 0 aromatic heterocycles. The third kappa shape index (κ3) is 4.89. The molecule has 3 rings (SSSR count). The molecule has 1 aromatic rings. The van der Waals surface area contributed by atoms with E-state index in [9.17, 15) is 5.11 Å². The summed E-state index contributed by atoms with van der Waals surface area (Å²) >= 11 is 0. The highest BCUT2D eigenvalue weighted by Gasteiger charge is 2.50. The van der Waals surface area contributed by atoms with Gasteiger partial charge in [0.2, 0.25) is 0 Å². The molecule has 148 valence electrons. The van der Waals surface area contributed by atoms with Crippen LogP contribution in [-0.2, 0) is 0 Å². The predicted molar refractivity (Wildman–Crippen MR) is 111 cm³/mol. The van der Waals surface area contributed by atoms with Crippen LogP contribution in [-0.4, -0.2) is 29.4 Å². The standard InChI is InChI=1S/C21H33N5O/c1-14-6-5-7-16(12-14)26-20(17(13-22)19(23)27)25-15(2)24-18-8-3-4-9-21(18)10-11-21/h5-7,12-13,15,18-19,24,27H,3-4,8-11,22-23H2,1-2H3,(H,25,26)/b17-13-/t15?,18-,19?/m1/s1. The summed E-state index contributed by atoms with van der Waals surface area (Å²) in [6.07, 6.45) is 7.83. The van der Waals surface area contributed by atoms with Crippen LogP contribution in [0.5, 0.6) is 0 Å². The molecule has 27 heavy (non-hydrogen) atoms. The molecular weight excluding hydrogens is 338 g/mol. The number of hydrogen-bond acceptors (Lipinski definition) is 5. The predicted octanol–water partition coefficient (Wildman–Crippen LogP) is 2.58. The minimum atomic E-state index is -1.19. The Morgan fingerprint density at radius 3 is 2.74 bits per heavy atom. The zero-order valence-corrected chi connectivity index (χ0v) is 16.4. The van der Waals surface area contributed by atoms with E-state index >= 15 is 0 Å². The van der Waals surface area contributed by atoms with Crippen molar-refractivity contribution in [3.05, 3.63) is 41.6 Å². The number of rotatable bonds is 6. The fourth-order valence-corrected chi connectivity index (χ4v) is 4.20. The average Bonchev–Trinajstić information content (AvgIpc) is 3.37. The molecule has 6 heteroatoms. The highest BCUT2D eigenvalue weighted by Crippen LogP contribution is 2.56. The SMILES string of the molecule is Cc1cccc(NC(=NC(C)N[C@@H]2CCCCC23CC3)/C(=C\N)C(N)O)c1. The number of aliphatic hydroxyl groups excluding tert-OH is 1. The second-order valence-electron chi connectivity index (χ2n) is 8.04. The largest absolute Gasteiger partial charge is 0.404 e. The molecule has 2 fully saturated rings. The second-order valence-corrected chi connectivity index (χ2v) is 8.04. The van der Waals surface area contributed by atoms with E-state index in [1.165, 1.54) is 44.7 Å². The third-order valence-corrected chi connectivity index (χ3v) is 5.87. The number of nitrogens with one attached hydrogen (secondary N) is 2. The van der Waals surface area contributed by atoms with E-state index in [2.05, 4.69) is 10.6 Å². The number of aliphatic imine (C=N–C) groups is 1. The molecule has 0 amide bonds. The summed E-state index contributed by atoms with van der Waals surface area (Å²) in [5.41, 5.74) is 14.3. The highest BCUT2D eigenvalue weighted by molar-refractivity contribution is 6.08. The van der Waals surface area contributed by atoms with Gasteiger partial charge in [-0.3, -0.25) is 5.32 Å². The first-order valence-corrected chi connectivity index (χ1v) is 9.97. The van der Waals surface area contributed by atoms with Crippen LogP contribution in [0.4, 0.5) is 5.69 Å². The number of anilines is 1. The van der Waals surface area contributed by atoms with Crippen LogP contribution < -0.4 is 22.1 Å². The van der Waals surface area contributed by atoms with Crippen LogP contribution in [0.15, 0.2) is 41.0 Å². The molecule has 0 bridgehead atoms. The van der Waals surface area contributed by atoms with Crippen molar-refractivity contribution < 1.29 is 5.11 Å². The van der Waals surface area contributed by atoms with E-state index < -0.39 is 6.23 Å². The lowest BCUT2D eigenvalue weighted by Gasteiger charge is -2.34. The second kappa shape index (κ2) is 8.42. The summed E-state index contributed by atoms with van der Waals surface area (Å²) in [4.78, 5) is 4.79. The molecule has 1 aromatic carbocycles. The van der Waals surface area contributed by atoms with Crippen molar-refractivity contribution in [3.8, 4) is 0 Å². The van der Waals surface area contributed by atoms with Crippen LogP contribution in [0, 0.1) is 12.3 Å². The van der Waals surface area contributed by atoms with Crippen molar-refractivity contribution in [3.63, 3.8) is 0 Å². The fraction of sp³-hybridized carbons (Fsp3) is 0.571. The van der Waals surface area contributed by atoms with Crippen molar-refractivity contribution in [1.82, 2.24) is 5.32 Å². The minimum absolute atomic E-state index is 0.105. The monoisotopic (exact) mass is 371 g/mol. The molecule has 2 unspecified atom stereocenters. The van der Waals surface area contributed by atoms with Crippen molar-refractivity contribution in [2.75, 3.05) is 5.32 Å². The number of aryl methyl sites for hydroxylation is 1. The molecule has 0 radical (unpaired) electrons. The summed E-state index contributed by atoms with van der Waals surface area (Å²) in [7, 11) is 0. The molecule has 1 spiro atoms. The molecule has 3 atom stereocenters. The van der Waals surface area contributed by atoms with Crippen LogP contribution in [0.25, 0.3) is 0 Å². The van der Waals surface area contributed by atoms with Crippen molar-refractivity contribution in [2.24, 2.45) is 21.9 Å². The lowest BCUT2D eigenvalue weighted by Crippen LogP contribution is -2.44. The highest BCUT2D eigenvalue weighted by atomic mass is 16.3. The summed E-state index contributed by atoms with van der Waals surface area (Å²) in [6, 6.07) is 8.49. The summed E-state index contributed by atoms with van der Waals surface area (Å²) in [5, 5.41) is 16.9. The number of nitrogens with zero attached hydrogens (tertiary/aromatic N) is 1. The maximum atomic E-state index is 9.93. The van der Waals surface area contributed by atoms with Gasteiger partial charge in [0.15, 0.2) is 0 Å². The summed E-state index contributed by atoms with van der Waals surface area (Å²) < 4.78 is 0. The first-order valence-electron chi connectivity index (χ1n) is 9.97. The van der Waals surface area contributed by atoms with Crippen molar-refractivity contribution >= 4 is 11.5 Å². The number of amidine groups is 1. The Kier molecular flexibility index (Phi) is 6.19. The van der Waals surface area contributed by atoms with Gasteiger partial charge < -0.3 is 21.9 Å². The average molecular weight is 372 g/mol. The molecule has 7 N–H and O–H groups in total. The lowest BCUT2D eigenvalue weighted by atomic mass is 9.81. The van der Waals surface area contributed by atoms with Crippen molar-refractivity contribution in [1.29, 1.82) is 0 Å². The Balaban J connectivity index is 1.78. The first kappa shape index (κ1) is 19.9. The number of aliphatic hydroxyl groups is 1. The Hall–Kier alpha value is -1.89. The summed E-state index contributed by atoms with van der Waals surface area (Å²) in [6.45, 7) is 4.07. The van der Waals surface area contributed by atoms with Gasteiger partial charge in [0, 0.05) is 17.9 Å². The molecule has 2 saturated carbocycles. The van der Waals surface area contributed by atoms with E-state index in [-0.39, 0.29) is 6.17 Å². The van der Waals surface area contributed by atoms with E-state index in [0.717, 1.165) is 11.3 Å². The Labute approximate surface area is 162 Å².